The molecule has 2 aromatic carbocycles. The van der Waals surface area contributed by atoms with Gasteiger partial charge >= 0.3 is 0 Å². The van der Waals surface area contributed by atoms with Gasteiger partial charge in [-0.3, -0.25) is 19.2 Å². The summed E-state index contributed by atoms with van der Waals surface area (Å²) in [5, 5.41) is 5.75. The van der Waals surface area contributed by atoms with Crippen molar-refractivity contribution in [3.8, 4) is 5.75 Å². The highest BCUT2D eigenvalue weighted by Gasteiger charge is 2.34. The number of unbranched alkanes of at least 4 members (excludes halogenated alkanes) is 1. The fourth-order valence-corrected chi connectivity index (χ4v) is 5.89. The van der Waals surface area contributed by atoms with Crippen LogP contribution in [0.4, 0.5) is 0 Å². The Morgan fingerprint density at radius 3 is 2.35 bits per heavy atom. The highest BCUT2D eigenvalue weighted by atomic mass is 16.5. The molecule has 4 amide bonds. The molecule has 2 heterocycles. The van der Waals surface area contributed by atoms with E-state index in [9.17, 15) is 19.2 Å². The Kier molecular flexibility index (Phi) is 11.6. The molecule has 2 aliphatic heterocycles. The molecule has 2 aliphatic rings. The molecule has 232 valence electrons. The first-order valence-corrected chi connectivity index (χ1v) is 15.7. The van der Waals surface area contributed by atoms with Gasteiger partial charge in [-0.2, -0.15) is 0 Å². The Morgan fingerprint density at radius 1 is 0.953 bits per heavy atom. The normalized spacial score (nSPS) is 21.0. The number of hydrogen-bond acceptors (Lipinski definition) is 5. The summed E-state index contributed by atoms with van der Waals surface area (Å²) in [6, 6.07) is 15.3. The van der Waals surface area contributed by atoms with Crippen LogP contribution in [0.5, 0.6) is 5.75 Å². The lowest BCUT2D eigenvalue weighted by molar-refractivity contribution is -0.139. The predicted molar refractivity (Wildman–Crippen MR) is 166 cm³/mol. The number of fused-ring (bicyclic) bond motifs is 1. The van der Waals surface area contributed by atoms with E-state index in [4.69, 9.17) is 4.74 Å². The second-order valence-electron chi connectivity index (χ2n) is 12.0. The van der Waals surface area contributed by atoms with Gasteiger partial charge in [0.15, 0.2) is 0 Å². The molecule has 2 atom stereocenters. The van der Waals surface area contributed by atoms with Gasteiger partial charge in [0.2, 0.25) is 17.7 Å². The Labute approximate surface area is 255 Å². The summed E-state index contributed by atoms with van der Waals surface area (Å²) < 4.78 is 6.03. The van der Waals surface area contributed by atoms with Crippen LogP contribution < -0.4 is 15.4 Å². The molecule has 0 bridgehead atoms. The van der Waals surface area contributed by atoms with Crippen molar-refractivity contribution in [3.63, 3.8) is 0 Å². The van der Waals surface area contributed by atoms with Crippen LogP contribution in [0.1, 0.15) is 81.1 Å². The Bertz CT molecular complexity index is 1240. The van der Waals surface area contributed by atoms with Crippen molar-refractivity contribution in [2.75, 3.05) is 32.8 Å². The van der Waals surface area contributed by atoms with Crippen molar-refractivity contribution in [2.45, 2.75) is 77.3 Å². The number of carbonyl (C=O) groups is 4. The number of hydrogen-bond donors (Lipinski definition) is 2. The van der Waals surface area contributed by atoms with E-state index in [-0.39, 0.29) is 36.3 Å². The van der Waals surface area contributed by atoms with Crippen LogP contribution in [-0.2, 0) is 14.4 Å². The van der Waals surface area contributed by atoms with Crippen molar-refractivity contribution < 1.29 is 23.9 Å². The van der Waals surface area contributed by atoms with Crippen LogP contribution in [0.25, 0.3) is 0 Å². The molecule has 43 heavy (non-hydrogen) atoms. The maximum absolute atomic E-state index is 13.9. The number of amides is 4. The highest BCUT2D eigenvalue weighted by Crippen LogP contribution is 2.28. The molecular weight excluding hydrogens is 544 g/mol. The Balaban J connectivity index is 1.58. The number of nitrogens with zero attached hydrogens (tertiary/aromatic N) is 2. The predicted octanol–water partition coefficient (Wildman–Crippen LogP) is 4.13. The molecule has 1 saturated heterocycles. The van der Waals surface area contributed by atoms with E-state index in [2.05, 4.69) is 29.7 Å². The van der Waals surface area contributed by atoms with Gasteiger partial charge < -0.3 is 25.2 Å². The molecule has 2 aromatic rings. The summed E-state index contributed by atoms with van der Waals surface area (Å²) in [5.41, 5.74) is 1.54. The third kappa shape index (κ3) is 8.81. The number of nitrogens with one attached hydrogen (secondary N) is 2. The second-order valence-corrected chi connectivity index (χ2v) is 12.0. The molecule has 0 unspecified atom stereocenters. The molecule has 9 nitrogen and oxygen atoms in total. The van der Waals surface area contributed by atoms with Crippen molar-refractivity contribution in [3.05, 3.63) is 65.7 Å². The molecule has 0 spiro atoms. The van der Waals surface area contributed by atoms with Crippen molar-refractivity contribution in [1.82, 2.24) is 20.4 Å². The lowest BCUT2D eigenvalue weighted by Gasteiger charge is -2.35. The third-order valence-electron chi connectivity index (χ3n) is 8.25. The van der Waals surface area contributed by atoms with Crippen LogP contribution in [0, 0.1) is 5.92 Å². The third-order valence-corrected chi connectivity index (χ3v) is 8.25. The average molecular weight is 591 g/mol. The smallest absolute Gasteiger partial charge is 0.255 e. The van der Waals surface area contributed by atoms with Gasteiger partial charge in [-0.05, 0) is 55.2 Å². The molecular formula is C34H46N4O5. The van der Waals surface area contributed by atoms with Crippen LogP contribution in [0.3, 0.4) is 0 Å². The first kappa shape index (κ1) is 32.0. The van der Waals surface area contributed by atoms with Crippen LogP contribution in [0.15, 0.2) is 54.6 Å². The summed E-state index contributed by atoms with van der Waals surface area (Å²) in [6.07, 6.45) is 3.56. The van der Waals surface area contributed by atoms with Crippen molar-refractivity contribution >= 4 is 23.6 Å². The summed E-state index contributed by atoms with van der Waals surface area (Å²) in [5.74, 6) is -0.472. The topological polar surface area (TPSA) is 108 Å². The molecule has 0 saturated carbocycles. The van der Waals surface area contributed by atoms with Crippen molar-refractivity contribution in [1.29, 1.82) is 0 Å². The van der Waals surface area contributed by atoms with Gasteiger partial charge in [0, 0.05) is 19.6 Å². The number of benzene rings is 2. The van der Waals surface area contributed by atoms with E-state index < -0.39 is 23.9 Å². The maximum atomic E-state index is 13.9. The minimum Gasteiger partial charge on any atom is -0.491 e. The second kappa shape index (κ2) is 15.5. The van der Waals surface area contributed by atoms with Gasteiger partial charge in [-0.25, -0.2) is 0 Å². The largest absolute Gasteiger partial charge is 0.491 e. The van der Waals surface area contributed by atoms with Gasteiger partial charge in [0.1, 0.15) is 24.4 Å². The SMILES string of the molecule is CCCCN1CCOc2ccccc2C(=O)N[C@H](C(=O)N2CCC(c3ccccc3)CC2)CC(=O)N[C@@H](CC(C)C)C1=O. The number of carbonyl (C=O) groups excluding carboxylic acids is 4. The summed E-state index contributed by atoms with van der Waals surface area (Å²) in [7, 11) is 0. The first-order chi connectivity index (χ1) is 20.8. The lowest BCUT2D eigenvalue weighted by atomic mass is 9.89. The molecule has 4 rings (SSSR count). The van der Waals surface area contributed by atoms with Gasteiger partial charge in [-0.1, -0.05) is 69.7 Å². The van der Waals surface area contributed by atoms with E-state index in [1.807, 2.05) is 32.0 Å². The average Bonchev–Trinajstić information content (AvgIpc) is 3.01. The van der Waals surface area contributed by atoms with E-state index in [0.29, 0.717) is 44.3 Å². The number of likely N-dealkylation sites (tertiary alicyclic amines) is 1. The van der Waals surface area contributed by atoms with Gasteiger partial charge in [-0.15, -0.1) is 0 Å². The fourth-order valence-electron chi connectivity index (χ4n) is 5.89. The van der Waals surface area contributed by atoms with E-state index >= 15 is 0 Å². The molecule has 1 fully saturated rings. The number of rotatable bonds is 7. The first-order valence-electron chi connectivity index (χ1n) is 15.7. The molecule has 2 N–H and O–H groups in total. The van der Waals surface area contributed by atoms with E-state index in [1.54, 1.807) is 34.1 Å². The zero-order valence-electron chi connectivity index (χ0n) is 25.7. The molecule has 0 aliphatic carbocycles. The van der Waals surface area contributed by atoms with Crippen LogP contribution >= 0.6 is 0 Å². The zero-order valence-corrected chi connectivity index (χ0v) is 25.7. The van der Waals surface area contributed by atoms with E-state index in [0.717, 1.165) is 25.7 Å². The van der Waals surface area contributed by atoms with Crippen molar-refractivity contribution in [2.24, 2.45) is 5.92 Å². The minimum atomic E-state index is -1.08. The van der Waals surface area contributed by atoms with Gasteiger partial charge in [0.25, 0.3) is 5.91 Å². The Hall–Kier alpha value is -3.88. The fraction of sp³-hybridized carbons (Fsp3) is 0.529. The highest BCUT2D eigenvalue weighted by molar-refractivity contribution is 6.01. The zero-order chi connectivity index (χ0) is 30.8. The van der Waals surface area contributed by atoms with Crippen LogP contribution in [-0.4, -0.2) is 78.3 Å². The number of ether oxygens (including phenoxy) is 1. The van der Waals surface area contributed by atoms with E-state index in [1.165, 1.54) is 5.56 Å². The lowest BCUT2D eigenvalue weighted by Crippen LogP contribution is -2.54. The molecule has 0 radical (unpaired) electrons. The summed E-state index contributed by atoms with van der Waals surface area (Å²) in [6.45, 7) is 8.22. The number of para-hydroxylation sites is 1. The monoisotopic (exact) mass is 590 g/mol. The quantitative estimate of drug-likeness (QED) is 0.504. The standard InChI is InChI=1S/C34H46N4O5/c1-4-5-17-37-20-21-43-30-14-10-9-13-27(30)32(40)36-29(23-31(39)35-28(33(37)41)22-24(2)3)34(42)38-18-15-26(16-19-38)25-11-7-6-8-12-25/h6-14,24,26,28-29H,4-5,15-23H2,1-3H3,(H,35,39)(H,36,40)/t28-,29-/m0/s1. The molecule has 0 aromatic heterocycles. The van der Waals surface area contributed by atoms with Crippen LogP contribution in [0.2, 0.25) is 0 Å². The summed E-state index contributed by atoms with van der Waals surface area (Å²) in [4.78, 5) is 58.1. The number of piperidine rings is 1. The van der Waals surface area contributed by atoms with Gasteiger partial charge in [0.05, 0.1) is 18.5 Å². The summed E-state index contributed by atoms with van der Waals surface area (Å²) >= 11 is 0. The minimum absolute atomic E-state index is 0.153. The maximum Gasteiger partial charge on any atom is 0.255 e. The molecule has 9 heteroatoms. The Morgan fingerprint density at radius 2 is 1.65 bits per heavy atom.